The maximum atomic E-state index is 6.00. The van der Waals surface area contributed by atoms with Crippen molar-refractivity contribution in [1.82, 2.24) is 14.5 Å². The standard InChI is InChI=1S/C17H24ClN3/c1-12-5-4-6-15-17(12)21(16(19-15)7-9-18)14-8-10-20(3)13(2)11-14/h4-6,13-14H,7-11H2,1-3H3. The van der Waals surface area contributed by atoms with Crippen LogP contribution in [0, 0.1) is 6.92 Å². The first kappa shape index (κ1) is 14.9. The van der Waals surface area contributed by atoms with Crippen LogP contribution >= 0.6 is 11.6 Å². The average Bonchev–Trinajstić information content (AvgIpc) is 2.82. The Hall–Kier alpha value is -1.06. The van der Waals surface area contributed by atoms with Gasteiger partial charge in [0.2, 0.25) is 0 Å². The number of para-hydroxylation sites is 1. The van der Waals surface area contributed by atoms with Gasteiger partial charge >= 0.3 is 0 Å². The third kappa shape index (κ3) is 2.69. The van der Waals surface area contributed by atoms with Crippen molar-refractivity contribution in [3.05, 3.63) is 29.6 Å². The Morgan fingerprint density at radius 3 is 2.90 bits per heavy atom. The molecule has 1 aliphatic rings. The van der Waals surface area contributed by atoms with E-state index in [0.29, 0.717) is 18.0 Å². The van der Waals surface area contributed by atoms with Gasteiger partial charge in [-0.1, -0.05) is 12.1 Å². The van der Waals surface area contributed by atoms with Crippen LogP contribution in [-0.4, -0.2) is 40.0 Å². The summed E-state index contributed by atoms with van der Waals surface area (Å²) in [6, 6.07) is 7.56. The first-order chi connectivity index (χ1) is 10.1. The van der Waals surface area contributed by atoms with Crippen molar-refractivity contribution in [3.8, 4) is 0 Å². The summed E-state index contributed by atoms with van der Waals surface area (Å²) >= 11 is 6.00. The number of fused-ring (bicyclic) bond motifs is 1. The molecule has 21 heavy (non-hydrogen) atoms. The highest BCUT2D eigenvalue weighted by Gasteiger charge is 2.27. The molecule has 0 saturated carbocycles. The molecule has 1 aromatic carbocycles. The van der Waals surface area contributed by atoms with Crippen molar-refractivity contribution in [3.63, 3.8) is 0 Å². The van der Waals surface area contributed by atoms with Crippen LogP contribution in [0.15, 0.2) is 18.2 Å². The van der Waals surface area contributed by atoms with E-state index in [9.17, 15) is 0 Å². The molecule has 4 heteroatoms. The number of hydrogen-bond acceptors (Lipinski definition) is 2. The van der Waals surface area contributed by atoms with Gasteiger partial charge < -0.3 is 9.47 Å². The number of rotatable bonds is 3. The van der Waals surface area contributed by atoms with E-state index >= 15 is 0 Å². The molecule has 2 heterocycles. The Kier molecular flexibility index (Phi) is 4.23. The van der Waals surface area contributed by atoms with Crippen molar-refractivity contribution in [1.29, 1.82) is 0 Å². The fourth-order valence-electron chi connectivity index (χ4n) is 3.52. The van der Waals surface area contributed by atoms with E-state index in [4.69, 9.17) is 16.6 Å². The van der Waals surface area contributed by atoms with Crippen molar-refractivity contribution >= 4 is 22.6 Å². The molecule has 0 N–H and O–H groups in total. The molecule has 0 radical (unpaired) electrons. The highest BCUT2D eigenvalue weighted by atomic mass is 35.5. The van der Waals surface area contributed by atoms with Gasteiger partial charge in [-0.2, -0.15) is 0 Å². The second-order valence-electron chi connectivity index (χ2n) is 6.29. The molecule has 1 aliphatic heterocycles. The quantitative estimate of drug-likeness (QED) is 0.805. The zero-order valence-electron chi connectivity index (χ0n) is 13.1. The fraction of sp³-hybridized carbons (Fsp3) is 0.588. The van der Waals surface area contributed by atoms with Crippen LogP contribution < -0.4 is 0 Å². The van der Waals surface area contributed by atoms with Gasteiger partial charge in [0, 0.05) is 30.9 Å². The van der Waals surface area contributed by atoms with Gasteiger partial charge in [0.25, 0.3) is 0 Å². The molecule has 3 rings (SSSR count). The maximum absolute atomic E-state index is 6.00. The normalized spacial score (nSPS) is 23.8. The number of imidazole rings is 1. The molecular weight excluding hydrogens is 282 g/mol. The third-order valence-electron chi connectivity index (χ3n) is 4.85. The Morgan fingerprint density at radius 2 is 2.19 bits per heavy atom. The number of piperidine rings is 1. The molecule has 0 spiro atoms. The first-order valence-corrected chi connectivity index (χ1v) is 8.38. The van der Waals surface area contributed by atoms with Gasteiger partial charge in [0.1, 0.15) is 5.82 Å². The molecule has 1 aromatic heterocycles. The summed E-state index contributed by atoms with van der Waals surface area (Å²) in [5.74, 6) is 1.78. The van der Waals surface area contributed by atoms with E-state index in [1.807, 2.05) is 0 Å². The highest BCUT2D eigenvalue weighted by Crippen LogP contribution is 2.32. The van der Waals surface area contributed by atoms with Gasteiger partial charge in [-0.05, 0) is 45.4 Å². The highest BCUT2D eigenvalue weighted by molar-refractivity contribution is 6.17. The minimum atomic E-state index is 0.542. The van der Waals surface area contributed by atoms with Gasteiger partial charge in [-0.25, -0.2) is 4.98 Å². The first-order valence-electron chi connectivity index (χ1n) is 7.84. The molecule has 2 aromatic rings. The predicted octanol–water partition coefficient (Wildman–Crippen LogP) is 3.78. The molecule has 114 valence electrons. The summed E-state index contributed by atoms with van der Waals surface area (Å²) in [7, 11) is 2.22. The molecule has 3 nitrogen and oxygen atoms in total. The summed E-state index contributed by atoms with van der Waals surface area (Å²) < 4.78 is 2.48. The van der Waals surface area contributed by atoms with Crippen molar-refractivity contribution in [2.24, 2.45) is 0 Å². The van der Waals surface area contributed by atoms with Gasteiger partial charge in [-0.15, -0.1) is 11.6 Å². The molecule has 0 amide bonds. The van der Waals surface area contributed by atoms with Gasteiger partial charge in [0.15, 0.2) is 0 Å². The van der Waals surface area contributed by atoms with Crippen LogP contribution in [0.5, 0.6) is 0 Å². The minimum absolute atomic E-state index is 0.542. The van der Waals surface area contributed by atoms with Crippen molar-refractivity contribution in [2.45, 2.75) is 45.2 Å². The maximum Gasteiger partial charge on any atom is 0.111 e. The van der Waals surface area contributed by atoms with E-state index in [1.165, 1.54) is 23.9 Å². The van der Waals surface area contributed by atoms with Gasteiger partial charge in [-0.3, -0.25) is 0 Å². The fourth-order valence-corrected chi connectivity index (χ4v) is 3.69. The zero-order chi connectivity index (χ0) is 15.0. The largest absolute Gasteiger partial charge is 0.325 e. The molecule has 1 saturated heterocycles. The summed E-state index contributed by atoms with van der Waals surface area (Å²) in [6.45, 7) is 5.65. The summed E-state index contributed by atoms with van der Waals surface area (Å²) in [5.41, 5.74) is 3.73. The molecule has 2 unspecified atom stereocenters. The topological polar surface area (TPSA) is 21.1 Å². The number of likely N-dealkylation sites (tertiary alicyclic amines) is 1. The lowest BCUT2D eigenvalue weighted by Crippen LogP contribution is -2.38. The average molecular weight is 306 g/mol. The van der Waals surface area contributed by atoms with Gasteiger partial charge in [0.05, 0.1) is 11.0 Å². The number of benzene rings is 1. The van der Waals surface area contributed by atoms with E-state index in [0.717, 1.165) is 24.3 Å². The van der Waals surface area contributed by atoms with Crippen LogP contribution in [0.25, 0.3) is 11.0 Å². The minimum Gasteiger partial charge on any atom is -0.325 e. The van der Waals surface area contributed by atoms with E-state index in [-0.39, 0.29) is 0 Å². The van der Waals surface area contributed by atoms with Crippen LogP contribution in [0.3, 0.4) is 0 Å². The summed E-state index contributed by atoms with van der Waals surface area (Å²) in [4.78, 5) is 7.30. The number of halogens is 1. The monoisotopic (exact) mass is 305 g/mol. The Bertz CT molecular complexity index is 634. The lowest BCUT2D eigenvalue weighted by Gasteiger charge is -2.36. The molecule has 0 aliphatic carbocycles. The number of hydrogen-bond donors (Lipinski definition) is 0. The second kappa shape index (κ2) is 5.98. The molecule has 1 fully saturated rings. The summed E-state index contributed by atoms with van der Waals surface area (Å²) in [5, 5.41) is 0. The summed E-state index contributed by atoms with van der Waals surface area (Å²) in [6.07, 6.45) is 3.22. The Balaban J connectivity index is 2.08. The predicted molar refractivity (Wildman–Crippen MR) is 89.3 cm³/mol. The number of nitrogens with zero attached hydrogens (tertiary/aromatic N) is 3. The van der Waals surface area contributed by atoms with Crippen molar-refractivity contribution < 1.29 is 0 Å². The van der Waals surface area contributed by atoms with Crippen LogP contribution in [0.2, 0.25) is 0 Å². The number of aromatic nitrogens is 2. The SMILES string of the molecule is Cc1cccc2nc(CCCl)n(C3CCN(C)C(C)C3)c12. The van der Waals surface area contributed by atoms with E-state index in [2.05, 4.69) is 48.6 Å². The smallest absolute Gasteiger partial charge is 0.111 e. The number of aryl methyl sites for hydroxylation is 2. The zero-order valence-corrected chi connectivity index (χ0v) is 13.9. The third-order valence-corrected chi connectivity index (χ3v) is 5.04. The van der Waals surface area contributed by atoms with Crippen LogP contribution in [-0.2, 0) is 6.42 Å². The molecular formula is C17H24ClN3. The lowest BCUT2D eigenvalue weighted by atomic mass is 9.98. The van der Waals surface area contributed by atoms with Crippen LogP contribution in [0.1, 0.15) is 37.2 Å². The Labute approximate surface area is 131 Å². The molecule has 0 bridgehead atoms. The number of alkyl halides is 1. The van der Waals surface area contributed by atoms with Crippen molar-refractivity contribution in [2.75, 3.05) is 19.5 Å². The van der Waals surface area contributed by atoms with E-state index in [1.54, 1.807) is 0 Å². The lowest BCUT2D eigenvalue weighted by molar-refractivity contribution is 0.157. The molecule has 2 atom stereocenters. The van der Waals surface area contributed by atoms with E-state index < -0.39 is 0 Å². The van der Waals surface area contributed by atoms with Crippen LogP contribution in [0.4, 0.5) is 0 Å². The Morgan fingerprint density at radius 1 is 1.38 bits per heavy atom. The second-order valence-corrected chi connectivity index (χ2v) is 6.67.